The lowest BCUT2D eigenvalue weighted by molar-refractivity contribution is -0.134. The first kappa shape index (κ1) is 21.8. The molecule has 0 bridgehead atoms. The highest BCUT2D eigenvalue weighted by atomic mass is 35.5. The van der Waals surface area contributed by atoms with E-state index in [0.717, 1.165) is 37.6 Å². The van der Waals surface area contributed by atoms with E-state index in [1.54, 1.807) is 0 Å². The van der Waals surface area contributed by atoms with Gasteiger partial charge >= 0.3 is 0 Å². The molecule has 0 radical (unpaired) electrons. The van der Waals surface area contributed by atoms with E-state index in [1.807, 2.05) is 36.9 Å². The maximum Gasteiger partial charge on any atom is 0.226 e. The standard InChI is InChI=1S/C16H25N3O2.2ClH/c1-3-21-15-7-5-4-6-14(15)18-8-10-19(11-9-18)16(20)13(2)12-17;;/h4-7,13H,3,8-12,17H2,1-2H3;2*1H. The van der Waals surface area contributed by atoms with E-state index in [9.17, 15) is 4.79 Å². The lowest BCUT2D eigenvalue weighted by Crippen LogP contribution is -2.51. The smallest absolute Gasteiger partial charge is 0.226 e. The van der Waals surface area contributed by atoms with Crippen LogP contribution in [-0.4, -0.2) is 50.1 Å². The van der Waals surface area contributed by atoms with E-state index in [1.165, 1.54) is 0 Å². The minimum absolute atomic E-state index is 0. The van der Waals surface area contributed by atoms with Gasteiger partial charge in [-0.3, -0.25) is 4.79 Å². The fourth-order valence-corrected chi connectivity index (χ4v) is 2.58. The minimum Gasteiger partial charge on any atom is -0.492 e. The van der Waals surface area contributed by atoms with Gasteiger partial charge in [0.15, 0.2) is 0 Å². The Kier molecular flexibility index (Phi) is 10.0. The Morgan fingerprint density at radius 3 is 2.39 bits per heavy atom. The van der Waals surface area contributed by atoms with Crippen molar-refractivity contribution in [1.29, 1.82) is 0 Å². The monoisotopic (exact) mass is 363 g/mol. The van der Waals surface area contributed by atoms with E-state index in [4.69, 9.17) is 10.5 Å². The molecule has 5 nitrogen and oxygen atoms in total. The number of carbonyl (C=O) groups excluding carboxylic acids is 1. The van der Waals surface area contributed by atoms with Crippen molar-refractivity contribution >= 4 is 36.4 Å². The van der Waals surface area contributed by atoms with Gasteiger partial charge in [-0.2, -0.15) is 0 Å². The maximum atomic E-state index is 12.1. The first-order chi connectivity index (χ1) is 10.2. The van der Waals surface area contributed by atoms with Crippen molar-refractivity contribution in [3.8, 4) is 5.75 Å². The third-order valence-corrected chi connectivity index (χ3v) is 3.87. The number of ether oxygens (including phenoxy) is 1. The van der Waals surface area contributed by atoms with E-state index < -0.39 is 0 Å². The highest BCUT2D eigenvalue weighted by molar-refractivity contribution is 5.85. The molecule has 1 amide bonds. The average Bonchev–Trinajstić information content (AvgIpc) is 2.54. The fraction of sp³-hybridized carbons (Fsp3) is 0.562. The van der Waals surface area contributed by atoms with E-state index in [0.29, 0.717) is 13.2 Å². The summed E-state index contributed by atoms with van der Waals surface area (Å²) in [6.07, 6.45) is 0. The largest absolute Gasteiger partial charge is 0.492 e. The third-order valence-electron chi connectivity index (χ3n) is 3.87. The van der Waals surface area contributed by atoms with Crippen molar-refractivity contribution in [3.05, 3.63) is 24.3 Å². The fourth-order valence-electron chi connectivity index (χ4n) is 2.58. The summed E-state index contributed by atoms with van der Waals surface area (Å²) < 4.78 is 5.68. The second-order valence-corrected chi connectivity index (χ2v) is 5.35. The molecule has 23 heavy (non-hydrogen) atoms. The van der Waals surface area contributed by atoms with E-state index in [-0.39, 0.29) is 36.6 Å². The molecular formula is C16H27Cl2N3O2. The normalized spacial score (nSPS) is 15.3. The van der Waals surface area contributed by atoms with Crippen molar-refractivity contribution < 1.29 is 9.53 Å². The van der Waals surface area contributed by atoms with Gasteiger partial charge in [0.2, 0.25) is 5.91 Å². The second-order valence-electron chi connectivity index (χ2n) is 5.35. The Labute approximate surface area is 151 Å². The predicted molar refractivity (Wildman–Crippen MR) is 99.1 cm³/mol. The summed E-state index contributed by atoms with van der Waals surface area (Å²) in [7, 11) is 0. The zero-order valence-corrected chi connectivity index (χ0v) is 15.4. The molecule has 7 heteroatoms. The molecule has 1 saturated heterocycles. The van der Waals surface area contributed by atoms with Crippen molar-refractivity contribution in [2.45, 2.75) is 13.8 Å². The summed E-state index contributed by atoms with van der Waals surface area (Å²) >= 11 is 0. The predicted octanol–water partition coefficient (Wildman–Crippen LogP) is 2.17. The lowest BCUT2D eigenvalue weighted by atomic mass is 10.1. The van der Waals surface area contributed by atoms with E-state index >= 15 is 0 Å². The number of para-hydroxylation sites is 2. The third kappa shape index (κ3) is 5.44. The molecule has 1 aliphatic rings. The summed E-state index contributed by atoms with van der Waals surface area (Å²) in [5, 5.41) is 0. The summed E-state index contributed by atoms with van der Waals surface area (Å²) in [6.45, 7) is 8.07. The van der Waals surface area contributed by atoms with Gasteiger partial charge in [-0.05, 0) is 19.1 Å². The van der Waals surface area contributed by atoms with Gasteiger partial charge in [-0.25, -0.2) is 0 Å². The zero-order chi connectivity index (χ0) is 15.2. The van der Waals surface area contributed by atoms with Crippen LogP contribution in [0.15, 0.2) is 24.3 Å². The lowest BCUT2D eigenvalue weighted by Gasteiger charge is -2.37. The van der Waals surface area contributed by atoms with Crippen LogP contribution in [0.25, 0.3) is 0 Å². The van der Waals surface area contributed by atoms with Gasteiger partial charge in [0.05, 0.1) is 12.3 Å². The summed E-state index contributed by atoms with van der Waals surface area (Å²) in [5.74, 6) is 0.984. The molecule has 132 valence electrons. The number of amides is 1. The number of piperazine rings is 1. The number of anilines is 1. The van der Waals surface area contributed by atoms with Crippen LogP contribution in [0.5, 0.6) is 5.75 Å². The molecule has 0 spiro atoms. The van der Waals surface area contributed by atoms with Crippen LogP contribution >= 0.6 is 24.8 Å². The first-order valence-electron chi connectivity index (χ1n) is 7.63. The topological polar surface area (TPSA) is 58.8 Å². The van der Waals surface area contributed by atoms with Gasteiger partial charge < -0.3 is 20.3 Å². The Bertz CT molecular complexity index is 480. The van der Waals surface area contributed by atoms with Crippen LogP contribution in [0.2, 0.25) is 0 Å². The molecule has 1 aliphatic heterocycles. The summed E-state index contributed by atoms with van der Waals surface area (Å²) in [6, 6.07) is 8.07. The average molecular weight is 364 g/mol. The Balaban J connectivity index is 0.00000242. The molecule has 0 saturated carbocycles. The molecule has 0 aromatic heterocycles. The number of nitrogens with two attached hydrogens (primary N) is 1. The highest BCUT2D eigenvalue weighted by Gasteiger charge is 2.25. The van der Waals surface area contributed by atoms with Crippen LogP contribution in [0.1, 0.15) is 13.8 Å². The van der Waals surface area contributed by atoms with Crippen molar-refractivity contribution in [2.75, 3.05) is 44.2 Å². The van der Waals surface area contributed by atoms with Gasteiger partial charge in [0.25, 0.3) is 0 Å². The zero-order valence-electron chi connectivity index (χ0n) is 13.7. The SMILES string of the molecule is CCOc1ccccc1N1CCN(C(=O)C(C)CN)CC1.Cl.Cl. The summed E-state index contributed by atoms with van der Waals surface area (Å²) in [5.41, 5.74) is 6.69. The molecule has 1 aromatic carbocycles. The number of benzene rings is 1. The van der Waals surface area contributed by atoms with Crippen LogP contribution in [0, 0.1) is 5.92 Å². The molecule has 1 fully saturated rings. The Hall–Kier alpha value is -1.17. The summed E-state index contributed by atoms with van der Waals surface area (Å²) in [4.78, 5) is 16.3. The molecule has 2 rings (SSSR count). The molecular weight excluding hydrogens is 337 g/mol. The number of carbonyl (C=O) groups is 1. The number of hydrogen-bond donors (Lipinski definition) is 1. The van der Waals surface area contributed by atoms with Crippen LogP contribution in [-0.2, 0) is 4.79 Å². The van der Waals surface area contributed by atoms with Gasteiger partial charge in [-0.1, -0.05) is 19.1 Å². The van der Waals surface area contributed by atoms with E-state index in [2.05, 4.69) is 11.0 Å². The maximum absolute atomic E-state index is 12.1. The molecule has 0 aliphatic carbocycles. The van der Waals surface area contributed by atoms with Gasteiger partial charge in [0.1, 0.15) is 5.75 Å². The highest BCUT2D eigenvalue weighted by Crippen LogP contribution is 2.28. The molecule has 1 aromatic rings. The Morgan fingerprint density at radius 2 is 1.83 bits per heavy atom. The number of nitrogens with zero attached hydrogens (tertiary/aromatic N) is 2. The number of hydrogen-bond acceptors (Lipinski definition) is 4. The number of halogens is 2. The van der Waals surface area contributed by atoms with Crippen molar-refractivity contribution in [3.63, 3.8) is 0 Å². The number of rotatable bonds is 5. The Morgan fingerprint density at radius 1 is 1.22 bits per heavy atom. The molecule has 1 atom stereocenters. The van der Waals surface area contributed by atoms with Crippen LogP contribution in [0.3, 0.4) is 0 Å². The van der Waals surface area contributed by atoms with Gasteiger partial charge in [0, 0.05) is 38.6 Å². The van der Waals surface area contributed by atoms with Crippen LogP contribution < -0.4 is 15.4 Å². The second kappa shape index (κ2) is 10.6. The quantitative estimate of drug-likeness (QED) is 0.870. The first-order valence-corrected chi connectivity index (χ1v) is 7.63. The minimum atomic E-state index is -0.0905. The molecule has 1 unspecified atom stereocenters. The molecule has 1 heterocycles. The molecule has 2 N–H and O–H groups in total. The van der Waals surface area contributed by atoms with Crippen molar-refractivity contribution in [2.24, 2.45) is 11.7 Å². The van der Waals surface area contributed by atoms with Crippen LogP contribution in [0.4, 0.5) is 5.69 Å². The van der Waals surface area contributed by atoms with Crippen molar-refractivity contribution in [1.82, 2.24) is 4.90 Å². The van der Waals surface area contributed by atoms with Gasteiger partial charge in [-0.15, -0.1) is 24.8 Å².